The summed E-state index contributed by atoms with van der Waals surface area (Å²) in [4.78, 5) is 15.1. The molecule has 0 spiro atoms. The minimum absolute atomic E-state index is 0.689. The molecule has 0 bridgehead atoms. The van der Waals surface area contributed by atoms with E-state index in [1.807, 2.05) is 6.20 Å². The fourth-order valence-corrected chi connectivity index (χ4v) is 3.29. The molecule has 0 radical (unpaired) electrons. The number of hydrogen-bond acceptors (Lipinski definition) is 4. The lowest BCUT2D eigenvalue weighted by Crippen LogP contribution is -2.20. The first kappa shape index (κ1) is 15.0. The van der Waals surface area contributed by atoms with E-state index in [0.29, 0.717) is 5.95 Å². The van der Waals surface area contributed by atoms with E-state index < -0.39 is 0 Å². The molecule has 1 saturated heterocycles. The highest BCUT2D eigenvalue weighted by molar-refractivity contribution is 5.83. The van der Waals surface area contributed by atoms with Crippen LogP contribution in [0.25, 0.3) is 10.9 Å². The predicted octanol–water partition coefficient (Wildman–Crippen LogP) is 4.25. The van der Waals surface area contributed by atoms with Crippen LogP contribution in [-0.2, 0) is 6.42 Å². The number of nitrogens with one attached hydrogen (secondary N) is 2. The summed E-state index contributed by atoms with van der Waals surface area (Å²) in [6, 6.07) is 10.5. The second-order valence-electron chi connectivity index (χ2n) is 6.39. The quantitative estimate of drug-likeness (QED) is 0.737. The van der Waals surface area contributed by atoms with Crippen LogP contribution in [0.1, 0.15) is 31.9 Å². The minimum atomic E-state index is 0.689. The Hall–Kier alpha value is -2.56. The van der Waals surface area contributed by atoms with Gasteiger partial charge in [-0.3, -0.25) is 0 Å². The zero-order chi connectivity index (χ0) is 16.4. The Kier molecular flexibility index (Phi) is 4.07. The molecule has 0 unspecified atom stereocenters. The van der Waals surface area contributed by atoms with Gasteiger partial charge in [-0.1, -0.05) is 19.4 Å². The first-order chi connectivity index (χ1) is 11.8. The first-order valence-electron chi connectivity index (χ1n) is 8.79. The molecule has 1 aromatic carbocycles. The number of benzene rings is 1. The maximum atomic E-state index is 4.75. The highest BCUT2D eigenvalue weighted by Gasteiger charge is 2.16. The topological polar surface area (TPSA) is 56.8 Å². The number of rotatable bonds is 5. The van der Waals surface area contributed by atoms with Crippen LogP contribution in [-0.4, -0.2) is 28.0 Å². The largest absolute Gasteiger partial charge is 0.361 e. The Balaban J connectivity index is 1.64. The smallest absolute Gasteiger partial charge is 0.229 e. The molecule has 5 nitrogen and oxygen atoms in total. The van der Waals surface area contributed by atoms with E-state index in [2.05, 4.69) is 52.5 Å². The summed E-state index contributed by atoms with van der Waals surface area (Å²) in [7, 11) is 0. The van der Waals surface area contributed by atoms with E-state index in [9.17, 15) is 0 Å². The molecule has 2 N–H and O–H groups in total. The molecule has 1 fully saturated rings. The summed E-state index contributed by atoms with van der Waals surface area (Å²) in [5, 5.41) is 4.59. The number of fused-ring (bicyclic) bond motifs is 1. The molecule has 3 heterocycles. The summed E-state index contributed by atoms with van der Waals surface area (Å²) in [5.74, 6) is 1.74. The molecular formula is C19H23N5. The second kappa shape index (κ2) is 6.51. The van der Waals surface area contributed by atoms with Crippen molar-refractivity contribution in [3.05, 3.63) is 42.2 Å². The Morgan fingerprint density at radius 3 is 2.83 bits per heavy atom. The van der Waals surface area contributed by atoms with Crippen molar-refractivity contribution in [2.45, 2.75) is 32.6 Å². The molecule has 0 saturated carbocycles. The van der Waals surface area contributed by atoms with Gasteiger partial charge in [0, 0.05) is 42.3 Å². The molecule has 0 aliphatic carbocycles. The number of aromatic amines is 1. The number of H-pyrrole nitrogens is 1. The van der Waals surface area contributed by atoms with Crippen LogP contribution < -0.4 is 10.2 Å². The molecule has 5 heteroatoms. The third kappa shape index (κ3) is 3.07. The Morgan fingerprint density at radius 1 is 1.12 bits per heavy atom. The predicted molar refractivity (Wildman–Crippen MR) is 99.1 cm³/mol. The first-order valence-corrected chi connectivity index (χ1v) is 8.79. The summed E-state index contributed by atoms with van der Waals surface area (Å²) < 4.78 is 0. The van der Waals surface area contributed by atoms with Gasteiger partial charge in [-0.25, -0.2) is 4.98 Å². The molecule has 2 aromatic heterocycles. The highest BCUT2D eigenvalue weighted by atomic mass is 15.2. The van der Waals surface area contributed by atoms with Crippen molar-refractivity contribution in [2.24, 2.45) is 0 Å². The van der Waals surface area contributed by atoms with Gasteiger partial charge in [0.15, 0.2) is 0 Å². The number of aromatic nitrogens is 3. The highest BCUT2D eigenvalue weighted by Crippen LogP contribution is 2.24. The number of anilines is 3. The van der Waals surface area contributed by atoms with Crippen LogP contribution in [0.4, 0.5) is 17.5 Å². The van der Waals surface area contributed by atoms with Crippen molar-refractivity contribution in [1.29, 1.82) is 0 Å². The standard InChI is InChI=1S/C19H23N5/c1-2-5-15-13-18(24-10-3-4-11-24)23-19(21-15)22-16-7-6-14-8-9-20-17(14)12-16/h6-9,12-13,20H,2-5,10-11H2,1H3,(H,21,22,23). The van der Waals surface area contributed by atoms with Crippen molar-refractivity contribution in [2.75, 3.05) is 23.3 Å². The van der Waals surface area contributed by atoms with Gasteiger partial charge in [-0.05, 0) is 42.8 Å². The van der Waals surface area contributed by atoms with Crippen LogP contribution in [0.5, 0.6) is 0 Å². The van der Waals surface area contributed by atoms with Gasteiger partial charge in [0.2, 0.25) is 5.95 Å². The zero-order valence-electron chi connectivity index (χ0n) is 14.0. The Bertz CT molecular complexity index is 833. The molecule has 3 aromatic rings. The van der Waals surface area contributed by atoms with Crippen LogP contribution >= 0.6 is 0 Å². The van der Waals surface area contributed by atoms with E-state index in [1.54, 1.807) is 0 Å². The lowest BCUT2D eigenvalue weighted by molar-refractivity contribution is 0.859. The van der Waals surface area contributed by atoms with Gasteiger partial charge in [0.05, 0.1) is 0 Å². The van der Waals surface area contributed by atoms with Crippen molar-refractivity contribution in [3.63, 3.8) is 0 Å². The average molecular weight is 321 g/mol. The summed E-state index contributed by atoms with van der Waals surface area (Å²) in [6.07, 6.45) is 6.52. The SMILES string of the molecule is CCCc1cc(N2CCCC2)nc(Nc2ccc3cc[nH]c3c2)n1. The van der Waals surface area contributed by atoms with E-state index in [1.165, 1.54) is 18.2 Å². The molecule has 0 atom stereocenters. The second-order valence-corrected chi connectivity index (χ2v) is 6.39. The van der Waals surface area contributed by atoms with Crippen molar-refractivity contribution >= 4 is 28.4 Å². The lowest BCUT2D eigenvalue weighted by Gasteiger charge is -2.18. The zero-order valence-corrected chi connectivity index (χ0v) is 14.0. The molecule has 4 rings (SSSR count). The maximum Gasteiger partial charge on any atom is 0.229 e. The molecule has 24 heavy (non-hydrogen) atoms. The van der Waals surface area contributed by atoms with E-state index >= 15 is 0 Å². The Morgan fingerprint density at radius 2 is 2.00 bits per heavy atom. The van der Waals surface area contributed by atoms with Gasteiger partial charge < -0.3 is 15.2 Å². The third-order valence-electron chi connectivity index (χ3n) is 4.51. The average Bonchev–Trinajstić information content (AvgIpc) is 3.26. The fourth-order valence-electron chi connectivity index (χ4n) is 3.29. The van der Waals surface area contributed by atoms with Gasteiger partial charge >= 0.3 is 0 Å². The summed E-state index contributed by atoms with van der Waals surface area (Å²) >= 11 is 0. The fraction of sp³-hybridized carbons (Fsp3) is 0.368. The van der Waals surface area contributed by atoms with Crippen molar-refractivity contribution in [1.82, 2.24) is 15.0 Å². The van der Waals surface area contributed by atoms with Crippen LogP contribution in [0.15, 0.2) is 36.5 Å². The van der Waals surface area contributed by atoms with Crippen LogP contribution in [0.3, 0.4) is 0 Å². The van der Waals surface area contributed by atoms with Crippen molar-refractivity contribution < 1.29 is 0 Å². The molecule has 0 amide bonds. The normalized spacial score (nSPS) is 14.5. The number of nitrogens with zero attached hydrogens (tertiary/aromatic N) is 3. The minimum Gasteiger partial charge on any atom is -0.361 e. The van der Waals surface area contributed by atoms with E-state index in [4.69, 9.17) is 9.97 Å². The van der Waals surface area contributed by atoms with Crippen molar-refractivity contribution in [3.8, 4) is 0 Å². The molecular weight excluding hydrogens is 298 g/mol. The molecule has 1 aliphatic heterocycles. The van der Waals surface area contributed by atoms with E-state index in [0.717, 1.165) is 48.6 Å². The van der Waals surface area contributed by atoms with Gasteiger partial charge in [-0.15, -0.1) is 0 Å². The monoisotopic (exact) mass is 321 g/mol. The lowest BCUT2D eigenvalue weighted by atomic mass is 10.2. The van der Waals surface area contributed by atoms with E-state index in [-0.39, 0.29) is 0 Å². The Labute approximate surface area is 142 Å². The number of hydrogen-bond donors (Lipinski definition) is 2. The number of aryl methyl sites for hydroxylation is 1. The third-order valence-corrected chi connectivity index (χ3v) is 4.51. The van der Waals surface area contributed by atoms with Crippen LogP contribution in [0.2, 0.25) is 0 Å². The molecule has 1 aliphatic rings. The summed E-state index contributed by atoms with van der Waals surface area (Å²) in [6.45, 7) is 4.37. The van der Waals surface area contributed by atoms with Gasteiger partial charge in [0.25, 0.3) is 0 Å². The molecule has 124 valence electrons. The van der Waals surface area contributed by atoms with Gasteiger partial charge in [0.1, 0.15) is 5.82 Å². The summed E-state index contributed by atoms with van der Waals surface area (Å²) in [5.41, 5.74) is 3.23. The maximum absolute atomic E-state index is 4.75. The van der Waals surface area contributed by atoms with Gasteiger partial charge in [-0.2, -0.15) is 4.98 Å². The van der Waals surface area contributed by atoms with Crippen LogP contribution in [0, 0.1) is 0 Å².